The highest BCUT2D eigenvalue weighted by molar-refractivity contribution is 7.96. The summed E-state index contributed by atoms with van der Waals surface area (Å²) in [6.07, 6.45) is 0.108. The third kappa shape index (κ3) is 2.62. The van der Waals surface area contributed by atoms with Gasteiger partial charge in [-0.15, -0.1) is 22.8 Å². The van der Waals surface area contributed by atoms with Crippen LogP contribution in [-0.2, 0) is 11.2 Å². The van der Waals surface area contributed by atoms with E-state index in [4.69, 9.17) is 23.2 Å². The van der Waals surface area contributed by atoms with Gasteiger partial charge in [0.25, 0.3) is 0 Å². The quantitative estimate of drug-likeness (QED) is 0.777. The molecule has 0 N–H and O–H groups in total. The first-order valence-electron chi connectivity index (χ1n) is 2.99. The van der Waals surface area contributed by atoms with Crippen LogP contribution in [0.3, 0.4) is 0 Å². The molecule has 0 aliphatic carbocycles. The number of thiol groups is 1. The minimum atomic E-state index is -0.291. The second-order valence-corrected chi connectivity index (χ2v) is 3.30. The predicted octanol–water partition coefficient (Wildman–Crippen LogP) is 1.78. The Balaban J connectivity index is 2.97. The molecule has 0 saturated carbocycles. The molecule has 1 aromatic heterocycles. The van der Waals surface area contributed by atoms with E-state index in [2.05, 4.69) is 22.8 Å². The van der Waals surface area contributed by atoms with E-state index in [0.717, 1.165) is 0 Å². The van der Waals surface area contributed by atoms with Crippen LogP contribution in [0.5, 0.6) is 0 Å². The second kappa shape index (κ2) is 4.07. The molecule has 0 aromatic carbocycles. The fourth-order valence-electron chi connectivity index (χ4n) is 0.675. The summed E-state index contributed by atoms with van der Waals surface area (Å²) >= 11 is 14.8. The highest BCUT2D eigenvalue weighted by Gasteiger charge is 2.06. The van der Waals surface area contributed by atoms with E-state index in [9.17, 15) is 4.79 Å². The summed E-state index contributed by atoms with van der Waals surface area (Å²) in [4.78, 5) is 10.6. The van der Waals surface area contributed by atoms with Gasteiger partial charge in [-0.1, -0.05) is 23.2 Å². The minimum Gasteiger partial charge on any atom is -0.287 e. The van der Waals surface area contributed by atoms with E-state index in [1.54, 1.807) is 0 Å². The van der Waals surface area contributed by atoms with E-state index < -0.39 is 0 Å². The molecule has 6 heteroatoms. The SMILES string of the molecule is O=C(S)Cc1cc(Cl)nnc1Cl. The Morgan fingerprint density at radius 3 is 2.75 bits per heavy atom. The van der Waals surface area contributed by atoms with Crippen molar-refractivity contribution in [2.45, 2.75) is 6.42 Å². The third-order valence-corrected chi connectivity index (χ3v) is 1.79. The van der Waals surface area contributed by atoms with Crippen molar-refractivity contribution in [1.29, 1.82) is 0 Å². The van der Waals surface area contributed by atoms with Crippen LogP contribution < -0.4 is 0 Å². The van der Waals surface area contributed by atoms with Crippen LogP contribution in [0.15, 0.2) is 6.07 Å². The van der Waals surface area contributed by atoms with Crippen molar-refractivity contribution >= 4 is 40.9 Å². The molecule has 1 aromatic rings. The van der Waals surface area contributed by atoms with Crippen molar-refractivity contribution in [3.63, 3.8) is 0 Å². The Morgan fingerprint density at radius 1 is 1.50 bits per heavy atom. The van der Waals surface area contributed by atoms with E-state index in [1.807, 2.05) is 0 Å². The second-order valence-electron chi connectivity index (χ2n) is 2.05. The van der Waals surface area contributed by atoms with Gasteiger partial charge in [0.1, 0.15) is 0 Å². The number of hydrogen-bond acceptors (Lipinski definition) is 3. The van der Waals surface area contributed by atoms with Crippen molar-refractivity contribution in [2.75, 3.05) is 0 Å². The van der Waals surface area contributed by atoms with E-state index in [0.29, 0.717) is 5.56 Å². The molecular formula is C6H4Cl2N2OS. The molecule has 0 fully saturated rings. The Labute approximate surface area is 84.5 Å². The number of carbonyl (C=O) groups is 1. The average Bonchev–Trinajstić information content (AvgIpc) is 1.96. The first kappa shape index (κ1) is 9.77. The molecule has 12 heavy (non-hydrogen) atoms. The lowest BCUT2D eigenvalue weighted by molar-refractivity contribution is -0.110. The van der Waals surface area contributed by atoms with Gasteiger partial charge in [0, 0.05) is 12.0 Å². The number of hydrogen-bond donors (Lipinski definition) is 1. The molecule has 0 amide bonds. The molecule has 0 saturated heterocycles. The number of nitrogens with zero attached hydrogens (tertiary/aromatic N) is 2. The smallest absolute Gasteiger partial charge is 0.190 e. The lowest BCUT2D eigenvalue weighted by atomic mass is 10.2. The maximum atomic E-state index is 10.6. The van der Waals surface area contributed by atoms with Gasteiger partial charge in [0.15, 0.2) is 15.4 Å². The van der Waals surface area contributed by atoms with Crippen molar-refractivity contribution in [1.82, 2.24) is 10.2 Å². The van der Waals surface area contributed by atoms with Gasteiger partial charge in [0.05, 0.1) is 0 Å². The minimum absolute atomic E-state index is 0.108. The zero-order valence-electron chi connectivity index (χ0n) is 5.79. The summed E-state index contributed by atoms with van der Waals surface area (Å²) in [5, 5.41) is 7.13. The summed E-state index contributed by atoms with van der Waals surface area (Å²) < 4.78 is 0. The summed E-state index contributed by atoms with van der Waals surface area (Å²) in [6.45, 7) is 0. The summed E-state index contributed by atoms with van der Waals surface area (Å²) in [5.74, 6) is 0. The summed E-state index contributed by atoms with van der Waals surface area (Å²) in [7, 11) is 0. The molecule has 0 spiro atoms. The molecule has 1 heterocycles. The summed E-state index contributed by atoms with van der Waals surface area (Å²) in [5.41, 5.74) is 0.539. The standard InChI is InChI=1S/C6H4Cl2N2OS/c7-4-1-3(2-5(11)12)6(8)10-9-4/h1H,2H2,(H,11,12). The number of aromatic nitrogens is 2. The van der Waals surface area contributed by atoms with E-state index >= 15 is 0 Å². The number of halogens is 2. The zero-order chi connectivity index (χ0) is 9.14. The van der Waals surface area contributed by atoms with Crippen molar-refractivity contribution < 1.29 is 4.79 Å². The molecule has 1 rings (SSSR count). The van der Waals surface area contributed by atoms with Crippen LogP contribution in [0.1, 0.15) is 5.56 Å². The lowest BCUT2D eigenvalue weighted by Gasteiger charge is -1.98. The molecule has 0 bridgehead atoms. The third-order valence-electron chi connectivity index (χ3n) is 1.13. The van der Waals surface area contributed by atoms with Crippen LogP contribution in [0.2, 0.25) is 10.3 Å². The summed E-state index contributed by atoms with van der Waals surface area (Å²) in [6, 6.07) is 1.49. The molecule has 3 nitrogen and oxygen atoms in total. The van der Waals surface area contributed by atoms with Gasteiger partial charge in [-0.25, -0.2) is 0 Å². The molecule has 64 valence electrons. The van der Waals surface area contributed by atoms with E-state index in [-0.39, 0.29) is 21.8 Å². The van der Waals surface area contributed by atoms with Crippen LogP contribution in [0.25, 0.3) is 0 Å². The largest absolute Gasteiger partial charge is 0.287 e. The molecule has 0 unspecified atom stereocenters. The highest BCUT2D eigenvalue weighted by Crippen LogP contribution is 2.16. The fourth-order valence-corrected chi connectivity index (χ4v) is 1.17. The van der Waals surface area contributed by atoms with Gasteiger partial charge in [-0.2, -0.15) is 0 Å². The van der Waals surface area contributed by atoms with E-state index in [1.165, 1.54) is 6.07 Å². The van der Waals surface area contributed by atoms with Crippen molar-refractivity contribution in [2.24, 2.45) is 0 Å². The topological polar surface area (TPSA) is 42.9 Å². The number of carbonyl (C=O) groups excluding carboxylic acids is 1. The first-order valence-corrected chi connectivity index (χ1v) is 4.19. The predicted molar refractivity (Wildman–Crippen MR) is 49.7 cm³/mol. The maximum Gasteiger partial charge on any atom is 0.190 e. The van der Waals surface area contributed by atoms with Gasteiger partial charge >= 0.3 is 0 Å². The highest BCUT2D eigenvalue weighted by atomic mass is 35.5. The normalized spacial score (nSPS) is 9.92. The Bertz CT molecular complexity index is 318. The Hall–Kier alpha value is -0.320. The van der Waals surface area contributed by atoms with Crippen LogP contribution in [0.4, 0.5) is 0 Å². The number of rotatable bonds is 2. The molecule has 0 aliphatic rings. The van der Waals surface area contributed by atoms with Crippen LogP contribution >= 0.6 is 35.8 Å². The maximum absolute atomic E-state index is 10.6. The van der Waals surface area contributed by atoms with Gasteiger partial charge < -0.3 is 0 Å². The molecule has 0 aliphatic heterocycles. The van der Waals surface area contributed by atoms with Gasteiger partial charge in [-0.05, 0) is 6.07 Å². The van der Waals surface area contributed by atoms with Crippen molar-refractivity contribution in [3.8, 4) is 0 Å². The van der Waals surface area contributed by atoms with Crippen LogP contribution in [-0.4, -0.2) is 15.3 Å². The average molecular weight is 223 g/mol. The first-order chi connectivity index (χ1) is 5.59. The molecule has 0 atom stereocenters. The Morgan fingerprint density at radius 2 is 2.17 bits per heavy atom. The monoisotopic (exact) mass is 222 g/mol. The van der Waals surface area contributed by atoms with Crippen LogP contribution in [0, 0.1) is 0 Å². The van der Waals surface area contributed by atoms with Gasteiger partial charge in [0.2, 0.25) is 0 Å². The van der Waals surface area contributed by atoms with Gasteiger partial charge in [-0.3, -0.25) is 4.79 Å². The Kier molecular flexibility index (Phi) is 3.31. The lowest BCUT2D eigenvalue weighted by Crippen LogP contribution is -1.97. The molecular weight excluding hydrogens is 219 g/mol. The zero-order valence-corrected chi connectivity index (χ0v) is 8.20. The fraction of sp³-hybridized carbons (Fsp3) is 0.167. The molecule has 0 radical (unpaired) electrons. The van der Waals surface area contributed by atoms with Crippen molar-refractivity contribution in [3.05, 3.63) is 21.9 Å².